The first-order chi connectivity index (χ1) is 11.9. The molecule has 1 saturated carbocycles. The first kappa shape index (κ1) is 17.7. The summed E-state index contributed by atoms with van der Waals surface area (Å²) < 4.78 is 1.81. The van der Waals surface area contributed by atoms with Gasteiger partial charge in [0.2, 0.25) is 0 Å². The predicted octanol–water partition coefficient (Wildman–Crippen LogP) is 2.24. The zero-order chi connectivity index (χ0) is 18.0. The summed E-state index contributed by atoms with van der Waals surface area (Å²) in [6, 6.07) is 1.74. The average molecular weight is 345 g/mol. The Kier molecular flexibility index (Phi) is 4.94. The summed E-state index contributed by atoms with van der Waals surface area (Å²) in [5, 5.41) is 25.0. The van der Waals surface area contributed by atoms with Crippen molar-refractivity contribution in [2.75, 3.05) is 6.54 Å². The van der Waals surface area contributed by atoms with Crippen molar-refractivity contribution in [2.45, 2.75) is 58.0 Å². The lowest BCUT2D eigenvalue weighted by Crippen LogP contribution is -2.42. The molecular formula is C18H27N5O2. The summed E-state index contributed by atoms with van der Waals surface area (Å²) in [4.78, 5) is 12.4. The molecule has 7 heteroatoms. The van der Waals surface area contributed by atoms with Crippen LogP contribution in [0.15, 0.2) is 6.07 Å². The zero-order valence-electron chi connectivity index (χ0n) is 15.2. The van der Waals surface area contributed by atoms with Gasteiger partial charge in [-0.15, -0.1) is 0 Å². The van der Waals surface area contributed by atoms with Crippen LogP contribution in [0.25, 0.3) is 11.3 Å². The van der Waals surface area contributed by atoms with Gasteiger partial charge in [0.05, 0.1) is 17.0 Å². The van der Waals surface area contributed by atoms with E-state index in [0.29, 0.717) is 11.4 Å². The number of carbonyl (C=O) groups is 1. The molecule has 136 valence electrons. The highest BCUT2D eigenvalue weighted by molar-refractivity contribution is 5.93. The molecule has 0 unspecified atom stereocenters. The normalized spacial score (nSPS) is 17.3. The fourth-order valence-electron chi connectivity index (χ4n) is 3.61. The van der Waals surface area contributed by atoms with Gasteiger partial charge in [0, 0.05) is 24.8 Å². The maximum Gasteiger partial charge on any atom is 0.269 e. The number of aliphatic hydroxyl groups is 1. The quantitative estimate of drug-likeness (QED) is 0.741. The van der Waals surface area contributed by atoms with Crippen LogP contribution in [-0.4, -0.2) is 43.1 Å². The highest BCUT2D eigenvalue weighted by Crippen LogP contribution is 2.27. The first-order valence-corrected chi connectivity index (χ1v) is 8.96. The van der Waals surface area contributed by atoms with Gasteiger partial charge in [-0.2, -0.15) is 10.2 Å². The molecule has 3 rings (SSSR count). The van der Waals surface area contributed by atoms with Crippen LogP contribution in [0.5, 0.6) is 0 Å². The van der Waals surface area contributed by atoms with Crippen molar-refractivity contribution in [3.63, 3.8) is 0 Å². The topological polar surface area (TPSA) is 95.8 Å². The Morgan fingerprint density at radius 2 is 2.00 bits per heavy atom. The fourth-order valence-corrected chi connectivity index (χ4v) is 3.61. The van der Waals surface area contributed by atoms with E-state index in [9.17, 15) is 9.90 Å². The second kappa shape index (κ2) is 7.00. The predicted molar refractivity (Wildman–Crippen MR) is 95.2 cm³/mol. The largest absolute Gasteiger partial charge is 0.388 e. The van der Waals surface area contributed by atoms with E-state index in [4.69, 9.17) is 0 Å². The molecule has 3 N–H and O–H groups in total. The Labute approximate surface area is 147 Å². The summed E-state index contributed by atoms with van der Waals surface area (Å²) in [5.41, 5.74) is 3.15. The van der Waals surface area contributed by atoms with Crippen LogP contribution in [0.4, 0.5) is 0 Å². The van der Waals surface area contributed by atoms with Gasteiger partial charge >= 0.3 is 0 Å². The third-order valence-electron chi connectivity index (χ3n) is 5.20. The molecule has 1 aliphatic carbocycles. The summed E-state index contributed by atoms with van der Waals surface area (Å²) >= 11 is 0. The first-order valence-electron chi connectivity index (χ1n) is 8.96. The number of carbonyl (C=O) groups excluding carboxylic acids is 1. The number of aromatic nitrogens is 4. The van der Waals surface area contributed by atoms with Crippen molar-refractivity contribution in [3.05, 3.63) is 23.1 Å². The highest BCUT2D eigenvalue weighted by atomic mass is 16.3. The van der Waals surface area contributed by atoms with Crippen LogP contribution in [0.1, 0.15) is 60.4 Å². The van der Waals surface area contributed by atoms with Crippen molar-refractivity contribution < 1.29 is 9.90 Å². The number of amides is 1. The van der Waals surface area contributed by atoms with Crippen molar-refractivity contribution >= 4 is 5.91 Å². The van der Waals surface area contributed by atoms with Gasteiger partial charge < -0.3 is 10.4 Å². The molecule has 1 amide bonds. The van der Waals surface area contributed by atoms with Crippen molar-refractivity contribution in [1.29, 1.82) is 0 Å². The number of rotatable bonds is 4. The van der Waals surface area contributed by atoms with E-state index in [1.54, 1.807) is 10.7 Å². The Balaban J connectivity index is 1.68. The van der Waals surface area contributed by atoms with Crippen LogP contribution < -0.4 is 5.32 Å². The van der Waals surface area contributed by atoms with Crippen LogP contribution >= 0.6 is 0 Å². The molecule has 2 heterocycles. The van der Waals surface area contributed by atoms with E-state index in [1.165, 1.54) is 0 Å². The summed E-state index contributed by atoms with van der Waals surface area (Å²) in [6.07, 6.45) is 5.83. The van der Waals surface area contributed by atoms with Gasteiger partial charge in [-0.25, -0.2) is 0 Å². The van der Waals surface area contributed by atoms with Gasteiger partial charge in [-0.3, -0.25) is 14.6 Å². The van der Waals surface area contributed by atoms with Crippen molar-refractivity contribution in [3.8, 4) is 11.3 Å². The molecule has 2 aromatic heterocycles. The number of aryl methyl sites for hydroxylation is 2. The number of hydrogen-bond donors (Lipinski definition) is 3. The Morgan fingerprint density at radius 3 is 2.60 bits per heavy atom. The van der Waals surface area contributed by atoms with Crippen LogP contribution in [0.2, 0.25) is 0 Å². The SMILES string of the molecule is Cc1nn(C)c(C)c1-c1cc(C(=O)NCC2(O)CCCCCC2)[nH]n1. The number of aromatic amines is 1. The fraction of sp³-hybridized carbons (Fsp3) is 0.611. The minimum Gasteiger partial charge on any atom is -0.388 e. The van der Waals surface area contributed by atoms with Crippen molar-refractivity contribution in [1.82, 2.24) is 25.3 Å². The number of nitrogens with zero attached hydrogens (tertiary/aromatic N) is 3. The molecule has 0 aromatic carbocycles. The Bertz CT molecular complexity index is 754. The molecule has 7 nitrogen and oxygen atoms in total. The van der Waals surface area contributed by atoms with E-state index >= 15 is 0 Å². The maximum absolute atomic E-state index is 12.4. The van der Waals surface area contributed by atoms with Crippen molar-refractivity contribution in [2.24, 2.45) is 7.05 Å². The van der Waals surface area contributed by atoms with Gasteiger partial charge in [-0.1, -0.05) is 25.7 Å². The molecule has 2 aromatic rings. The molecule has 0 radical (unpaired) electrons. The molecular weight excluding hydrogens is 318 g/mol. The van der Waals surface area contributed by atoms with Crippen LogP contribution in [0.3, 0.4) is 0 Å². The lowest BCUT2D eigenvalue weighted by molar-refractivity contribution is 0.0246. The molecule has 0 atom stereocenters. The third kappa shape index (κ3) is 3.76. The second-order valence-corrected chi connectivity index (χ2v) is 7.16. The molecule has 0 aliphatic heterocycles. The molecule has 1 fully saturated rings. The Hall–Kier alpha value is -2.15. The van der Waals surface area contributed by atoms with Crippen LogP contribution in [-0.2, 0) is 7.05 Å². The van der Waals surface area contributed by atoms with E-state index in [-0.39, 0.29) is 12.5 Å². The standard InChI is InChI=1S/C18H27N5O2/c1-12-16(13(2)23(3)22-12)14-10-15(21-20-14)17(24)19-11-18(25)8-6-4-5-7-9-18/h10,25H,4-9,11H2,1-3H3,(H,19,24)(H,20,21). The summed E-state index contributed by atoms with van der Waals surface area (Å²) in [6.45, 7) is 4.19. The van der Waals surface area contributed by atoms with E-state index in [0.717, 1.165) is 55.5 Å². The minimum atomic E-state index is -0.786. The molecule has 0 spiro atoms. The van der Waals surface area contributed by atoms with Gasteiger partial charge in [0.15, 0.2) is 0 Å². The molecule has 0 bridgehead atoms. The second-order valence-electron chi connectivity index (χ2n) is 7.16. The number of nitrogens with one attached hydrogen (secondary N) is 2. The minimum absolute atomic E-state index is 0.240. The van der Waals surface area contributed by atoms with Gasteiger partial charge in [0.25, 0.3) is 5.91 Å². The number of H-pyrrole nitrogens is 1. The Morgan fingerprint density at radius 1 is 1.32 bits per heavy atom. The molecule has 1 aliphatic rings. The van der Waals surface area contributed by atoms with Crippen LogP contribution in [0, 0.1) is 13.8 Å². The molecule has 25 heavy (non-hydrogen) atoms. The van der Waals surface area contributed by atoms with E-state index < -0.39 is 5.60 Å². The highest BCUT2D eigenvalue weighted by Gasteiger charge is 2.28. The van der Waals surface area contributed by atoms with E-state index in [2.05, 4.69) is 20.6 Å². The molecule has 0 saturated heterocycles. The lowest BCUT2D eigenvalue weighted by Gasteiger charge is -2.26. The van der Waals surface area contributed by atoms with Gasteiger partial charge in [0.1, 0.15) is 5.69 Å². The monoisotopic (exact) mass is 345 g/mol. The lowest BCUT2D eigenvalue weighted by atomic mass is 9.94. The number of hydrogen-bond acceptors (Lipinski definition) is 4. The summed E-state index contributed by atoms with van der Waals surface area (Å²) in [5.74, 6) is -0.240. The summed E-state index contributed by atoms with van der Waals surface area (Å²) in [7, 11) is 1.89. The van der Waals surface area contributed by atoms with E-state index in [1.807, 2.05) is 20.9 Å². The zero-order valence-corrected chi connectivity index (χ0v) is 15.2. The third-order valence-corrected chi connectivity index (χ3v) is 5.20. The average Bonchev–Trinajstić information content (AvgIpc) is 3.06. The maximum atomic E-state index is 12.4. The smallest absolute Gasteiger partial charge is 0.269 e. The van der Waals surface area contributed by atoms with Gasteiger partial charge in [-0.05, 0) is 32.8 Å².